The van der Waals surface area contributed by atoms with Crippen molar-refractivity contribution in [2.75, 3.05) is 41.6 Å². The molecule has 118 valence electrons. The highest BCUT2D eigenvalue weighted by Crippen LogP contribution is 2.39. The van der Waals surface area contributed by atoms with Crippen LogP contribution in [0.1, 0.15) is 6.92 Å². The lowest BCUT2D eigenvalue weighted by atomic mass is 10.2. The number of rotatable bonds is 3. The van der Waals surface area contributed by atoms with Crippen LogP contribution in [-0.2, 0) is 0 Å². The molecular formula is C19H21N3O. The Morgan fingerprint density at radius 1 is 1.00 bits per heavy atom. The van der Waals surface area contributed by atoms with Crippen molar-refractivity contribution >= 4 is 17.1 Å². The van der Waals surface area contributed by atoms with Gasteiger partial charge in [0.05, 0.1) is 36.9 Å². The van der Waals surface area contributed by atoms with Crippen molar-refractivity contribution in [3.05, 3.63) is 60.4 Å². The zero-order chi connectivity index (χ0) is 15.8. The van der Waals surface area contributed by atoms with Crippen molar-refractivity contribution in [1.29, 1.82) is 0 Å². The highest BCUT2D eigenvalue weighted by atomic mass is 16.5. The third-order valence-electron chi connectivity index (χ3n) is 4.42. The molecule has 1 saturated heterocycles. The number of hydrogen-bond donors (Lipinski definition) is 0. The number of benzene rings is 2. The van der Waals surface area contributed by atoms with Crippen LogP contribution in [0, 0.1) is 0 Å². The zero-order valence-electron chi connectivity index (χ0n) is 13.6. The van der Waals surface area contributed by atoms with E-state index in [9.17, 15) is 0 Å². The maximum Gasteiger partial charge on any atom is 0.119 e. The SMILES string of the molecule is CCOc1ccc(N2CC3=CN(C)c4ccccc4N3C2)cc1. The molecule has 0 aliphatic carbocycles. The summed E-state index contributed by atoms with van der Waals surface area (Å²) in [4.78, 5) is 6.99. The monoisotopic (exact) mass is 307 g/mol. The van der Waals surface area contributed by atoms with E-state index < -0.39 is 0 Å². The zero-order valence-corrected chi connectivity index (χ0v) is 13.6. The fourth-order valence-electron chi connectivity index (χ4n) is 3.31. The van der Waals surface area contributed by atoms with E-state index in [2.05, 4.69) is 64.3 Å². The summed E-state index contributed by atoms with van der Waals surface area (Å²) in [7, 11) is 2.11. The largest absolute Gasteiger partial charge is 0.494 e. The molecule has 1 fully saturated rings. The molecule has 4 heteroatoms. The Labute approximate surface area is 137 Å². The van der Waals surface area contributed by atoms with Crippen LogP contribution in [0.15, 0.2) is 60.4 Å². The summed E-state index contributed by atoms with van der Waals surface area (Å²) in [5.74, 6) is 0.928. The van der Waals surface area contributed by atoms with Crippen molar-refractivity contribution in [2.24, 2.45) is 0 Å². The average molecular weight is 307 g/mol. The second-order valence-corrected chi connectivity index (χ2v) is 5.91. The summed E-state index contributed by atoms with van der Waals surface area (Å²) in [6, 6.07) is 16.9. The fraction of sp³-hybridized carbons (Fsp3) is 0.263. The Hall–Kier alpha value is -2.62. The van der Waals surface area contributed by atoms with Crippen molar-refractivity contribution in [3.8, 4) is 5.75 Å². The lowest BCUT2D eigenvalue weighted by Crippen LogP contribution is -2.28. The van der Waals surface area contributed by atoms with Gasteiger partial charge in [-0.2, -0.15) is 0 Å². The molecule has 2 aliphatic heterocycles. The minimum Gasteiger partial charge on any atom is -0.494 e. The van der Waals surface area contributed by atoms with Gasteiger partial charge in [0, 0.05) is 18.9 Å². The van der Waals surface area contributed by atoms with E-state index in [1.807, 2.05) is 19.1 Å². The molecule has 0 spiro atoms. The van der Waals surface area contributed by atoms with Gasteiger partial charge in [-0.15, -0.1) is 0 Å². The molecule has 0 atom stereocenters. The van der Waals surface area contributed by atoms with Gasteiger partial charge in [-0.05, 0) is 43.3 Å². The smallest absolute Gasteiger partial charge is 0.119 e. The van der Waals surface area contributed by atoms with Gasteiger partial charge in [-0.1, -0.05) is 12.1 Å². The average Bonchev–Trinajstić information content (AvgIpc) is 3.00. The van der Waals surface area contributed by atoms with E-state index in [4.69, 9.17) is 4.74 Å². The standard InChI is InChI=1S/C19H21N3O/c1-3-23-17-10-8-15(9-11-17)21-13-16-12-20(2)18-6-4-5-7-19(18)22(16)14-21/h4-12H,3,13-14H2,1-2H3. The van der Waals surface area contributed by atoms with E-state index in [0.29, 0.717) is 6.61 Å². The molecule has 2 aromatic rings. The van der Waals surface area contributed by atoms with Crippen LogP contribution in [0.2, 0.25) is 0 Å². The Balaban J connectivity index is 1.60. The van der Waals surface area contributed by atoms with Crippen LogP contribution in [0.5, 0.6) is 5.75 Å². The minimum atomic E-state index is 0.701. The summed E-state index contributed by atoms with van der Waals surface area (Å²) < 4.78 is 5.53. The van der Waals surface area contributed by atoms with E-state index in [0.717, 1.165) is 19.0 Å². The van der Waals surface area contributed by atoms with Crippen LogP contribution in [0.4, 0.5) is 17.1 Å². The molecule has 2 heterocycles. The highest BCUT2D eigenvalue weighted by molar-refractivity contribution is 5.79. The molecule has 0 amide bonds. The van der Waals surface area contributed by atoms with Crippen LogP contribution in [0.3, 0.4) is 0 Å². The van der Waals surface area contributed by atoms with E-state index in [1.54, 1.807) is 0 Å². The molecule has 0 unspecified atom stereocenters. The van der Waals surface area contributed by atoms with Crippen LogP contribution in [0.25, 0.3) is 0 Å². The van der Waals surface area contributed by atoms with Gasteiger partial charge < -0.3 is 19.4 Å². The molecule has 23 heavy (non-hydrogen) atoms. The predicted molar refractivity (Wildman–Crippen MR) is 95.2 cm³/mol. The quantitative estimate of drug-likeness (QED) is 0.861. The topological polar surface area (TPSA) is 19.0 Å². The second-order valence-electron chi connectivity index (χ2n) is 5.91. The Morgan fingerprint density at radius 3 is 2.48 bits per heavy atom. The summed E-state index contributed by atoms with van der Waals surface area (Å²) >= 11 is 0. The van der Waals surface area contributed by atoms with Gasteiger partial charge in [0.15, 0.2) is 0 Å². The normalized spacial score (nSPS) is 16.1. The summed E-state index contributed by atoms with van der Waals surface area (Å²) in [5, 5.41) is 0. The number of nitrogens with zero attached hydrogens (tertiary/aromatic N) is 3. The van der Waals surface area contributed by atoms with Crippen LogP contribution in [-0.4, -0.2) is 26.9 Å². The number of para-hydroxylation sites is 2. The van der Waals surface area contributed by atoms with Gasteiger partial charge in [-0.25, -0.2) is 0 Å². The minimum absolute atomic E-state index is 0.701. The molecule has 4 rings (SSSR count). The second kappa shape index (κ2) is 5.54. The third-order valence-corrected chi connectivity index (χ3v) is 4.42. The Morgan fingerprint density at radius 2 is 1.74 bits per heavy atom. The molecule has 0 saturated carbocycles. The van der Waals surface area contributed by atoms with Crippen molar-refractivity contribution < 1.29 is 4.74 Å². The molecule has 2 aliphatic rings. The van der Waals surface area contributed by atoms with Gasteiger partial charge >= 0.3 is 0 Å². The van der Waals surface area contributed by atoms with Crippen LogP contribution < -0.4 is 19.4 Å². The number of fused-ring (bicyclic) bond motifs is 3. The first kappa shape index (κ1) is 14.0. The number of hydrogen-bond acceptors (Lipinski definition) is 4. The lowest BCUT2D eigenvalue weighted by molar-refractivity contribution is 0.340. The lowest BCUT2D eigenvalue weighted by Gasteiger charge is -2.31. The van der Waals surface area contributed by atoms with Gasteiger partial charge in [0.2, 0.25) is 0 Å². The summed E-state index contributed by atoms with van der Waals surface area (Å²) in [6.07, 6.45) is 2.23. The molecule has 0 bridgehead atoms. The third kappa shape index (κ3) is 2.40. The van der Waals surface area contributed by atoms with Crippen molar-refractivity contribution in [3.63, 3.8) is 0 Å². The van der Waals surface area contributed by atoms with E-state index in [1.165, 1.54) is 22.8 Å². The van der Waals surface area contributed by atoms with Crippen molar-refractivity contribution in [1.82, 2.24) is 0 Å². The molecule has 4 nitrogen and oxygen atoms in total. The molecule has 0 aromatic heterocycles. The van der Waals surface area contributed by atoms with Gasteiger partial charge in [0.1, 0.15) is 5.75 Å². The van der Waals surface area contributed by atoms with Gasteiger partial charge in [0.25, 0.3) is 0 Å². The molecule has 0 N–H and O–H groups in total. The van der Waals surface area contributed by atoms with E-state index in [-0.39, 0.29) is 0 Å². The maximum absolute atomic E-state index is 5.53. The molecule has 2 aromatic carbocycles. The fourth-order valence-corrected chi connectivity index (χ4v) is 3.31. The van der Waals surface area contributed by atoms with Crippen LogP contribution >= 0.6 is 0 Å². The summed E-state index contributed by atoms with van der Waals surface area (Å²) in [6.45, 7) is 4.51. The molecular weight excluding hydrogens is 286 g/mol. The first-order valence-electron chi connectivity index (χ1n) is 8.04. The molecule has 0 radical (unpaired) electrons. The Kier molecular flexibility index (Phi) is 3.37. The highest BCUT2D eigenvalue weighted by Gasteiger charge is 2.30. The first-order valence-corrected chi connectivity index (χ1v) is 8.04. The first-order chi connectivity index (χ1) is 11.3. The van der Waals surface area contributed by atoms with E-state index >= 15 is 0 Å². The predicted octanol–water partition coefficient (Wildman–Crippen LogP) is 3.66. The van der Waals surface area contributed by atoms with Gasteiger partial charge in [-0.3, -0.25) is 0 Å². The van der Waals surface area contributed by atoms with Crippen molar-refractivity contribution in [2.45, 2.75) is 6.92 Å². The number of anilines is 3. The maximum atomic E-state index is 5.53. The number of ether oxygens (including phenoxy) is 1. The summed E-state index contributed by atoms with van der Waals surface area (Å²) in [5.41, 5.74) is 5.09. The Bertz CT molecular complexity index is 739.